The highest BCUT2D eigenvalue weighted by Crippen LogP contribution is 2.44. The average Bonchev–Trinajstić information content (AvgIpc) is 2.47. The molecule has 1 amide bonds. The zero-order chi connectivity index (χ0) is 15.0. The molecule has 0 saturated carbocycles. The van der Waals surface area contributed by atoms with E-state index in [1.165, 1.54) is 11.1 Å². The minimum Gasteiger partial charge on any atom is -0.389 e. The van der Waals surface area contributed by atoms with Gasteiger partial charge in [0.25, 0.3) is 0 Å². The number of benzene rings is 1. The predicted octanol–water partition coefficient (Wildman–Crippen LogP) is 1.62. The molecule has 1 saturated heterocycles. The fraction of sp³-hybridized carbons (Fsp3) is 0.588. The van der Waals surface area contributed by atoms with E-state index in [2.05, 4.69) is 29.2 Å². The molecule has 0 aromatic heterocycles. The molecule has 4 nitrogen and oxygen atoms in total. The number of aliphatic hydroxyl groups is 1. The molecule has 2 aliphatic rings. The number of amides is 1. The SMILES string of the molecule is CC[C@H](C(N)=O)[C@]1(O)CCN2CCc3ccccc3[C@@H]2C1. The van der Waals surface area contributed by atoms with Gasteiger partial charge in [-0.05, 0) is 36.8 Å². The van der Waals surface area contributed by atoms with E-state index >= 15 is 0 Å². The van der Waals surface area contributed by atoms with E-state index in [9.17, 15) is 9.90 Å². The number of carbonyl (C=O) groups excluding carboxylic acids is 1. The first-order valence-electron chi connectivity index (χ1n) is 7.88. The molecule has 21 heavy (non-hydrogen) atoms. The summed E-state index contributed by atoms with van der Waals surface area (Å²) in [5, 5.41) is 11.0. The van der Waals surface area contributed by atoms with E-state index < -0.39 is 11.5 Å². The van der Waals surface area contributed by atoms with Gasteiger partial charge in [0.1, 0.15) is 0 Å². The van der Waals surface area contributed by atoms with Crippen LogP contribution in [-0.4, -0.2) is 34.6 Å². The van der Waals surface area contributed by atoms with Gasteiger partial charge in [-0.2, -0.15) is 0 Å². The van der Waals surface area contributed by atoms with Gasteiger partial charge in [0.2, 0.25) is 5.91 Å². The van der Waals surface area contributed by atoms with Crippen LogP contribution in [0.4, 0.5) is 0 Å². The maximum absolute atomic E-state index is 11.7. The van der Waals surface area contributed by atoms with Gasteiger partial charge in [0.05, 0.1) is 11.5 Å². The molecule has 1 aromatic carbocycles. The molecule has 114 valence electrons. The van der Waals surface area contributed by atoms with Gasteiger partial charge in [-0.3, -0.25) is 9.69 Å². The Morgan fingerprint density at radius 2 is 2.24 bits per heavy atom. The Kier molecular flexibility index (Phi) is 3.76. The van der Waals surface area contributed by atoms with Gasteiger partial charge in [-0.25, -0.2) is 0 Å². The highest BCUT2D eigenvalue weighted by molar-refractivity contribution is 5.78. The van der Waals surface area contributed by atoms with E-state index in [1.54, 1.807) is 0 Å². The van der Waals surface area contributed by atoms with Crippen molar-refractivity contribution in [2.24, 2.45) is 11.7 Å². The summed E-state index contributed by atoms with van der Waals surface area (Å²) < 4.78 is 0. The first-order valence-corrected chi connectivity index (χ1v) is 7.88. The highest BCUT2D eigenvalue weighted by Gasteiger charge is 2.46. The van der Waals surface area contributed by atoms with E-state index in [0.29, 0.717) is 19.3 Å². The first kappa shape index (κ1) is 14.5. The van der Waals surface area contributed by atoms with Gasteiger partial charge >= 0.3 is 0 Å². The third-order valence-electron chi connectivity index (χ3n) is 5.30. The summed E-state index contributed by atoms with van der Waals surface area (Å²) in [5.74, 6) is -0.828. The van der Waals surface area contributed by atoms with Crippen LogP contribution in [0.2, 0.25) is 0 Å². The monoisotopic (exact) mass is 288 g/mol. The maximum atomic E-state index is 11.7. The van der Waals surface area contributed by atoms with Gasteiger partial charge in [0.15, 0.2) is 0 Å². The zero-order valence-electron chi connectivity index (χ0n) is 12.6. The van der Waals surface area contributed by atoms with E-state index in [-0.39, 0.29) is 11.9 Å². The van der Waals surface area contributed by atoms with E-state index in [1.807, 2.05) is 6.92 Å². The smallest absolute Gasteiger partial charge is 0.223 e. The van der Waals surface area contributed by atoms with Gasteiger partial charge < -0.3 is 10.8 Å². The minimum atomic E-state index is -0.966. The van der Waals surface area contributed by atoms with Crippen molar-refractivity contribution >= 4 is 5.91 Å². The second-order valence-corrected chi connectivity index (χ2v) is 6.42. The average molecular weight is 288 g/mol. The largest absolute Gasteiger partial charge is 0.389 e. The Labute approximate surface area is 125 Å². The number of rotatable bonds is 3. The van der Waals surface area contributed by atoms with Gasteiger partial charge in [0, 0.05) is 19.1 Å². The summed E-state index contributed by atoms with van der Waals surface area (Å²) >= 11 is 0. The van der Waals surface area contributed by atoms with E-state index in [0.717, 1.165) is 19.5 Å². The lowest BCUT2D eigenvalue weighted by atomic mass is 9.72. The fourth-order valence-corrected chi connectivity index (χ4v) is 4.15. The minimum absolute atomic E-state index is 0.210. The predicted molar refractivity (Wildman–Crippen MR) is 81.6 cm³/mol. The van der Waals surface area contributed by atoms with Crippen LogP contribution in [0.15, 0.2) is 24.3 Å². The molecular formula is C17H24N2O2. The van der Waals surface area contributed by atoms with Crippen molar-refractivity contribution < 1.29 is 9.90 Å². The normalized spacial score (nSPS) is 30.3. The molecule has 3 rings (SSSR count). The van der Waals surface area contributed by atoms with Crippen molar-refractivity contribution in [3.63, 3.8) is 0 Å². The lowest BCUT2D eigenvalue weighted by Crippen LogP contribution is -2.54. The Hall–Kier alpha value is -1.39. The second kappa shape index (κ2) is 5.43. The molecule has 1 fully saturated rings. The van der Waals surface area contributed by atoms with Gasteiger partial charge in [-0.1, -0.05) is 31.2 Å². The lowest BCUT2D eigenvalue weighted by molar-refractivity contribution is -0.140. The van der Waals surface area contributed by atoms with Crippen LogP contribution in [0.25, 0.3) is 0 Å². The molecule has 4 heteroatoms. The van der Waals surface area contributed by atoms with Gasteiger partial charge in [-0.15, -0.1) is 0 Å². The summed E-state index contributed by atoms with van der Waals surface area (Å²) in [6.45, 7) is 3.79. The molecule has 3 atom stereocenters. The summed E-state index contributed by atoms with van der Waals surface area (Å²) in [5.41, 5.74) is 7.22. The van der Waals surface area contributed by atoms with Crippen LogP contribution in [0.3, 0.4) is 0 Å². The lowest BCUT2D eigenvalue weighted by Gasteiger charge is -2.49. The third kappa shape index (κ3) is 2.47. The third-order valence-corrected chi connectivity index (χ3v) is 5.30. The van der Waals surface area contributed by atoms with Crippen molar-refractivity contribution in [2.75, 3.05) is 13.1 Å². The van der Waals surface area contributed by atoms with Crippen molar-refractivity contribution in [3.8, 4) is 0 Å². The standard InChI is InChI=1S/C17H24N2O2/c1-2-14(16(18)20)17(21)8-10-19-9-7-12-5-3-4-6-13(12)15(19)11-17/h3-6,14-15,21H,2,7-11H2,1H3,(H2,18,20)/t14-,15+,17+/m1/s1. The molecule has 0 unspecified atom stereocenters. The van der Waals surface area contributed by atoms with Crippen molar-refractivity contribution in [1.29, 1.82) is 0 Å². The number of fused-ring (bicyclic) bond motifs is 3. The maximum Gasteiger partial charge on any atom is 0.223 e. The Balaban J connectivity index is 1.91. The molecule has 0 spiro atoms. The van der Waals surface area contributed by atoms with Crippen molar-refractivity contribution in [2.45, 2.75) is 44.2 Å². The molecule has 1 aromatic rings. The second-order valence-electron chi connectivity index (χ2n) is 6.42. The highest BCUT2D eigenvalue weighted by atomic mass is 16.3. The number of nitrogens with two attached hydrogens (primary N) is 1. The number of nitrogens with zero attached hydrogens (tertiary/aromatic N) is 1. The Morgan fingerprint density at radius 3 is 2.95 bits per heavy atom. The van der Waals surface area contributed by atoms with Crippen LogP contribution in [0.1, 0.15) is 43.4 Å². The number of hydrogen-bond acceptors (Lipinski definition) is 3. The summed E-state index contributed by atoms with van der Waals surface area (Å²) in [6, 6.07) is 8.67. The van der Waals surface area contributed by atoms with E-state index in [4.69, 9.17) is 5.73 Å². The Bertz CT molecular complexity index is 545. The van der Waals surface area contributed by atoms with Crippen LogP contribution < -0.4 is 5.73 Å². The molecule has 0 radical (unpaired) electrons. The summed E-state index contributed by atoms with van der Waals surface area (Å²) in [6.07, 6.45) is 2.90. The molecule has 3 N–H and O–H groups in total. The molecule has 0 bridgehead atoms. The summed E-state index contributed by atoms with van der Waals surface area (Å²) in [4.78, 5) is 14.1. The van der Waals surface area contributed by atoms with Crippen molar-refractivity contribution in [1.82, 2.24) is 4.90 Å². The van der Waals surface area contributed by atoms with Crippen molar-refractivity contribution in [3.05, 3.63) is 35.4 Å². The summed E-state index contributed by atoms with van der Waals surface area (Å²) in [7, 11) is 0. The number of primary amides is 1. The number of hydrogen-bond donors (Lipinski definition) is 2. The molecular weight excluding hydrogens is 264 g/mol. The van der Waals surface area contributed by atoms with Crippen LogP contribution in [-0.2, 0) is 11.2 Å². The first-order chi connectivity index (χ1) is 10.0. The number of piperidine rings is 1. The fourth-order valence-electron chi connectivity index (χ4n) is 4.15. The zero-order valence-corrected chi connectivity index (χ0v) is 12.6. The van der Waals surface area contributed by atoms with Crippen LogP contribution in [0.5, 0.6) is 0 Å². The van der Waals surface area contributed by atoms with Crippen LogP contribution in [0, 0.1) is 5.92 Å². The molecule has 2 aliphatic heterocycles. The topological polar surface area (TPSA) is 66.6 Å². The Morgan fingerprint density at radius 1 is 1.48 bits per heavy atom. The van der Waals surface area contributed by atoms with Crippen LogP contribution >= 0.6 is 0 Å². The molecule has 0 aliphatic carbocycles. The molecule has 2 heterocycles. The number of carbonyl (C=O) groups is 1. The quantitative estimate of drug-likeness (QED) is 0.888.